The zero-order valence-corrected chi connectivity index (χ0v) is 13.8. The molecule has 132 valence electrons. The lowest BCUT2D eigenvalue weighted by Gasteiger charge is -2.14. The SMILES string of the molecule is Cn1ncc(Cl)c1-c1cc(N)ccc1OCCNCCC(F)(F)F. The van der Waals surface area contributed by atoms with Gasteiger partial charge in [-0.15, -0.1) is 0 Å². The van der Waals surface area contributed by atoms with Gasteiger partial charge in [0.25, 0.3) is 0 Å². The van der Waals surface area contributed by atoms with Crippen LogP contribution in [0.4, 0.5) is 18.9 Å². The van der Waals surface area contributed by atoms with E-state index in [9.17, 15) is 13.2 Å². The molecular weight excluding hydrogens is 345 g/mol. The molecule has 1 heterocycles. The van der Waals surface area contributed by atoms with Gasteiger partial charge in [0.1, 0.15) is 12.4 Å². The largest absolute Gasteiger partial charge is 0.492 e. The van der Waals surface area contributed by atoms with Crippen LogP contribution in [0.3, 0.4) is 0 Å². The van der Waals surface area contributed by atoms with E-state index in [1.54, 1.807) is 29.9 Å². The van der Waals surface area contributed by atoms with Gasteiger partial charge in [-0.25, -0.2) is 0 Å². The number of nitrogens with zero attached hydrogens (tertiary/aromatic N) is 2. The summed E-state index contributed by atoms with van der Waals surface area (Å²) in [6.07, 6.45) is -3.51. The quantitative estimate of drug-likeness (QED) is 0.586. The maximum absolute atomic E-state index is 12.0. The lowest BCUT2D eigenvalue weighted by molar-refractivity contribution is -0.133. The maximum atomic E-state index is 12.0. The van der Waals surface area contributed by atoms with Gasteiger partial charge in [0.2, 0.25) is 0 Å². The van der Waals surface area contributed by atoms with Gasteiger partial charge in [-0.05, 0) is 18.2 Å². The first-order valence-corrected chi connectivity index (χ1v) is 7.63. The van der Waals surface area contributed by atoms with Crippen LogP contribution >= 0.6 is 11.6 Å². The third-order valence-electron chi connectivity index (χ3n) is 3.27. The molecule has 2 rings (SSSR count). The molecule has 2 aromatic rings. The number of hydrogen-bond acceptors (Lipinski definition) is 4. The van der Waals surface area contributed by atoms with Crippen LogP contribution in [0.2, 0.25) is 5.02 Å². The van der Waals surface area contributed by atoms with E-state index in [0.717, 1.165) is 0 Å². The van der Waals surface area contributed by atoms with E-state index in [1.807, 2.05) is 0 Å². The number of rotatable bonds is 7. The predicted octanol–water partition coefficient (Wildman–Crippen LogP) is 3.24. The normalized spacial score (nSPS) is 11.7. The van der Waals surface area contributed by atoms with Crippen molar-refractivity contribution in [3.8, 4) is 17.0 Å². The van der Waals surface area contributed by atoms with Crippen molar-refractivity contribution in [2.45, 2.75) is 12.6 Å². The number of ether oxygens (including phenoxy) is 1. The summed E-state index contributed by atoms with van der Waals surface area (Å²) in [6, 6.07) is 5.10. The smallest absolute Gasteiger partial charge is 0.390 e. The molecular formula is C15H18ClF3N4O. The first-order chi connectivity index (χ1) is 11.3. The lowest BCUT2D eigenvalue weighted by atomic mass is 10.1. The number of aromatic nitrogens is 2. The van der Waals surface area contributed by atoms with Crippen molar-refractivity contribution in [1.29, 1.82) is 0 Å². The van der Waals surface area contributed by atoms with E-state index in [2.05, 4.69) is 10.4 Å². The fourth-order valence-corrected chi connectivity index (χ4v) is 2.43. The van der Waals surface area contributed by atoms with Gasteiger partial charge in [0.05, 0.1) is 23.3 Å². The fraction of sp³-hybridized carbons (Fsp3) is 0.400. The van der Waals surface area contributed by atoms with Gasteiger partial charge < -0.3 is 15.8 Å². The molecule has 0 atom stereocenters. The summed E-state index contributed by atoms with van der Waals surface area (Å²) in [5, 5.41) is 7.22. The molecule has 0 amide bonds. The van der Waals surface area contributed by atoms with E-state index >= 15 is 0 Å². The highest BCUT2D eigenvalue weighted by atomic mass is 35.5. The second-order valence-electron chi connectivity index (χ2n) is 5.18. The summed E-state index contributed by atoms with van der Waals surface area (Å²) in [5.41, 5.74) is 7.69. The molecule has 0 saturated heterocycles. The van der Waals surface area contributed by atoms with E-state index < -0.39 is 12.6 Å². The monoisotopic (exact) mass is 362 g/mol. The number of nitrogen functional groups attached to an aromatic ring is 1. The Bertz CT molecular complexity index is 668. The third kappa shape index (κ3) is 5.04. The van der Waals surface area contributed by atoms with E-state index in [-0.39, 0.29) is 13.2 Å². The zero-order valence-electron chi connectivity index (χ0n) is 13.0. The Kier molecular flexibility index (Phi) is 5.95. The number of nitrogens with two attached hydrogens (primary N) is 1. The van der Waals surface area contributed by atoms with E-state index in [0.29, 0.717) is 34.3 Å². The van der Waals surface area contributed by atoms with Gasteiger partial charge in [0, 0.05) is 31.4 Å². The number of aryl methyl sites for hydroxylation is 1. The van der Waals surface area contributed by atoms with Crippen LogP contribution in [0.5, 0.6) is 5.75 Å². The standard InChI is InChI=1S/C15H18ClF3N4O/c1-23-14(12(16)9-22-23)11-8-10(20)2-3-13(11)24-7-6-21-5-4-15(17,18)19/h2-3,8-9,21H,4-7,20H2,1H3. The van der Waals surface area contributed by atoms with Crippen LogP contribution in [0.1, 0.15) is 6.42 Å². The Morgan fingerprint density at radius 3 is 2.71 bits per heavy atom. The highest BCUT2D eigenvalue weighted by Gasteiger charge is 2.25. The fourth-order valence-electron chi connectivity index (χ4n) is 2.16. The molecule has 0 bridgehead atoms. The summed E-state index contributed by atoms with van der Waals surface area (Å²) in [5.74, 6) is 0.535. The van der Waals surface area contributed by atoms with Crippen LogP contribution in [0.15, 0.2) is 24.4 Å². The molecule has 9 heteroatoms. The minimum Gasteiger partial charge on any atom is -0.492 e. The Labute approximate surface area is 142 Å². The predicted molar refractivity (Wildman–Crippen MR) is 87.1 cm³/mol. The molecule has 1 aromatic carbocycles. The molecule has 3 N–H and O–H groups in total. The number of alkyl halides is 3. The molecule has 0 fully saturated rings. The van der Waals surface area contributed by atoms with Crippen molar-refractivity contribution < 1.29 is 17.9 Å². The summed E-state index contributed by atoms with van der Waals surface area (Å²) in [7, 11) is 1.74. The number of benzene rings is 1. The molecule has 0 saturated carbocycles. The van der Waals surface area contributed by atoms with Crippen molar-refractivity contribution in [3.63, 3.8) is 0 Å². The molecule has 24 heavy (non-hydrogen) atoms. The van der Waals surface area contributed by atoms with Crippen molar-refractivity contribution in [2.24, 2.45) is 7.05 Å². The highest BCUT2D eigenvalue weighted by Crippen LogP contribution is 2.35. The number of anilines is 1. The van der Waals surface area contributed by atoms with E-state index in [4.69, 9.17) is 22.1 Å². The molecule has 5 nitrogen and oxygen atoms in total. The highest BCUT2D eigenvalue weighted by molar-refractivity contribution is 6.33. The molecule has 0 aliphatic rings. The summed E-state index contributed by atoms with van der Waals surface area (Å²) < 4.78 is 43.4. The van der Waals surface area contributed by atoms with Gasteiger partial charge in [-0.1, -0.05) is 11.6 Å². The Balaban J connectivity index is 1.99. The second kappa shape index (κ2) is 7.76. The van der Waals surface area contributed by atoms with Crippen molar-refractivity contribution >= 4 is 17.3 Å². The number of nitrogens with one attached hydrogen (secondary N) is 1. The van der Waals surface area contributed by atoms with Crippen LogP contribution in [0, 0.1) is 0 Å². The van der Waals surface area contributed by atoms with Gasteiger partial charge >= 0.3 is 6.18 Å². The van der Waals surface area contributed by atoms with Gasteiger partial charge in [-0.3, -0.25) is 4.68 Å². The number of halogens is 4. The molecule has 0 aliphatic heterocycles. The molecule has 0 spiro atoms. The first kappa shape index (κ1) is 18.4. The van der Waals surface area contributed by atoms with Crippen LogP contribution in [-0.2, 0) is 7.05 Å². The first-order valence-electron chi connectivity index (χ1n) is 7.25. The lowest BCUT2D eigenvalue weighted by Crippen LogP contribution is -2.26. The average molecular weight is 363 g/mol. The van der Waals surface area contributed by atoms with Crippen molar-refractivity contribution in [3.05, 3.63) is 29.4 Å². The minimum atomic E-state index is -4.16. The maximum Gasteiger partial charge on any atom is 0.390 e. The van der Waals surface area contributed by atoms with E-state index in [1.165, 1.54) is 6.20 Å². The Morgan fingerprint density at radius 2 is 2.08 bits per heavy atom. The summed E-state index contributed by atoms with van der Waals surface area (Å²) in [6.45, 7) is 0.359. The summed E-state index contributed by atoms with van der Waals surface area (Å²) >= 11 is 6.15. The minimum absolute atomic E-state index is 0.144. The molecule has 1 aromatic heterocycles. The zero-order chi connectivity index (χ0) is 17.7. The Morgan fingerprint density at radius 1 is 1.33 bits per heavy atom. The molecule has 0 unspecified atom stereocenters. The van der Waals surface area contributed by atoms with Crippen molar-refractivity contribution in [1.82, 2.24) is 15.1 Å². The van der Waals surface area contributed by atoms with Crippen molar-refractivity contribution in [2.75, 3.05) is 25.4 Å². The summed E-state index contributed by atoms with van der Waals surface area (Å²) in [4.78, 5) is 0. The molecule has 0 radical (unpaired) electrons. The average Bonchev–Trinajstić information content (AvgIpc) is 2.82. The topological polar surface area (TPSA) is 65.1 Å². The second-order valence-corrected chi connectivity index (χ2v) is 5.59. The van der Waals surface area contributed by atoms with Crippen LogP contribution in [-0.4, -0.2) is 35.7 Å². The molecule has 0 aliphatic carbocycles. The Hall–Kier alpha value is -1.93. The number of hydrogen-bond donors (Lipinski definition) is 2. The van der Waals surface area contributed by atoms with Gasteiger partial charge in [0.15, 0.2) is 0 Å². The van der Waals surface area contributed by atoms with Gasteiger partial charge in [-0.2, -0.15) is 18.3 Å². The van der Waals surface area contributed by atoms with Crippen LogP contribution in [0.25, 0.3) is 11.3 Å². The van der Waals surface area contributed by atoms with Crippen LogP contribution < -0.4 is 15.8 Å². The third-order valence-corrected chi connectivity index (χ3v) is 3.55.